The molecule has 1 aromatic carbocycles. The predicted molar refractivity (Wildman–Crippen MR) is 93.5 cm³/mol. The Morgan fingerprint density at radius 3 is 2.48 bits per heavy atom. The van der Waals surface area contributed by atoms with Crippen LogP contribution in [0, 0.1) is 18.8 Å². The van der Waals surface area contributed by atoms with Crippen molar-refractivity contribution < 1.29 is 22.5 Å². The molecule has 0 aliphatic rings. The van der Waals surface area contributed by atoms with E-state index in [-0.39, 0.29) is 35.1 Å². The number of fused-ring (bicyclic) bond motifs is 1. The van der Waals surface area contributed by atoms with Gasteiger partial charge in [0, 0.05) is 12.0 Å². The monoisotopic (exact) mass is 380 g/mol. The van der Waals surface area contributed by atoms with Crippen LogP contribution in [0.25, 0.3) is 16.9 Å². The standard InChI is InChI=1S/C18H19F3N4O2/c1-9(2)11(4)16(26)23-17-22-13-6-5-12(18(19,20)21)8-14(13)25(17)15-7-10(3)24-27-15/h5-9,11H,1-4H3,(H,22,23,26)/t11-/m0/s1. The first-order chi connectivity index (χ1) is 12.6. The molecule has 3 rings (SSSR count). The van der Waals surface area contributed by atoms with E-state index in [2.05, 4.69) is 15.5 Å². The zero-order valence-corrected chi connectivity index (χ0v) is 15.3. The third kappa shape index (κ3) is 3.67. The van der Waals surface area contributed by atoms with E-state index in [4.69, 9.17) is 4.52 Å². The van der Waals surface area contributed by atoms with Crippen molar-refractivity contribution in [3.8, 4) is 5.88 Å². The van der Waals surface area contributed by atoms with E-state index in [0.717, 1.165) is 12.1 Å². The topological polar surface area (TPSA) is 73.0 Å². The number of rotatable bonds is 4. The summed E-state index contributed by atoms with van der Waals surface area (Å²) in [5, 5.41) is 6.47. The summed E-state index contributed by atoms with van der Waals surface area (Å²) in [6, 6.07) is 4.75. The van der Waals surface area contributed by atoms with Crippen LogP contribution in [0.4, 0.5) is 19.1 Å². The molecule has 0 aliphatic heterocycles. The summed E-state index contributed by atoms with van der Waals surface area (Å²) in [7, 11) is 0. The second-order valence-electron chi connectivity index (χ2n) is 6.80. The zero-order chi connectivity index (χ0) is 19.9. The molecule has 0 aliphatic carbocycles. The lowest BCUT2D eigenvalue weighted by atomic mass is 9.97. The van der Waals surface area contributed by atoms with Crippen molar-refractivity contribution in [3.63, 3.8) is 0 Å². The lowest BCUT2D eigenvalue weighted by molar-refractivity contribution is -0.137. The number of anilines is 1. The van der Waals surface area contributed by atoms with Crippen LogP contribution in [-0.4, -0.2) is 20.6 Å². The summed E-state index contributed by atoms with van der Waals surface area (Å²) in [4.78, 5) is 16.7. The van der Waals surface area contributed by atoms with E-state index < -0.39 is 11.7 Å². The Bertz CT molecular complexity index is 988. The van der Waals surface area contributed by atoms with E-state index >= 15 is 0 Å². The van der Waals surface area contributed by atoms with Crippen LogP contribution in [-0.2, 0) is 11.0 Å². The fourth-order valence-corrected chi connectivity index (χ4v) is 2.54. The summed E-state index contributed by atoms with van der Waals surface area (Å²) < 4.78 is 45.9. The normalized spacial score (nSPS) is 13.3. The quantitative estimate of drug-likeness (QED) is 0.720. The molecule has 0 unspecified atom stereocenters. The third-order valence-corrected chi connectivity index (χ3v) is 4.47. The lowest BCUT2D eigenvalue weighted by Gasteiger charge is -2.15. The lowest BCUT2D eigenvalue weighted by Crippen LogP contribution is -2.25. The van der Waals surface area contributed by atoms with Crippen molar-refractivity contribution in [3.05, 3.63) is 35.5 Å². The van der Waals surface area contributed by atoms with Crippen molar-refractivity contribution in [2.24, 2.45) is 11.8 Å². The zero-order valence-electron chi connectivity index (χ0n) is 15.3. The maximum atomic E-state index is 13.1. The second-order valence-corrected chi connectivity index (χ2v) is 6.80. The number of benzene rings is 1. The summed E-state index contributed by atoms with van der Waals surface area (Å²) in [5.41, 5.74) is 0.186. The van der Waals surface area contributed by atoms with Crippen molar-refractivity contribution >= 4 is 22.9 Å². The Kier molecular flexibility index (Phi) is 4.71. The molecule has 2 aromatic heterocycles. The Morgan fingerprint density at radius 1 is 1.22 bits per heavy atom. The van der Waals surface area contributed by atoms with Gasteiger partial charge in [-0.2, -0.15) is 13.2 Å². The van der Waals surface area contributed by atoms with Crippen molar-refractivity contribution in [1.82, 2.24) is 14.7 Å². The predicted octanol–water partition coefficient (Wildman–Crippen LogP) is 4.57. The molecule has 0 spiro atoms. The highest BCUT2D eigenvalue weighted by atomic mass is 19.4. The fourth-order valence-electron chi connectivity index (χ4n) is 2.54. The minimum atomic E-state index is -4.50. The number of aromatic nitrogens is 3. The van der Waals surface area contributed by atoms with Crippen LogP contribution < -0.4 is 5.32 Å². The summed E-state index contributed by atoms with van der Waals surface area (Å²) in [6.45, 7) is 7.27. The number of nitrogens with one attached hydrogen (secondary N) is 1. The highest BCUT2D eigenvalue weighted by molar-refractivity contribution is 5.93. The van der Waals surface area contributed by atoms with Gasteiger partial charge in [0.25, 0.3) is 0 Å². The number of carbonyl (C=O) groups is 1. The van der Waals surface area contributed by atoms with Crippen molar-refractivity contribution in [2.75, 3.05) is 5.32 Å². The van der Waals surface area contributed by atoms with Crippen molar-refractivity contribution in [1.29, 1.82) is 0 Å². The molecule has 3 aromatic rings. The SMILES string of the molecule is Cc1cc(-n2c(NC(=O)[C@@H](C)C(C)C)nc3ccc(C(F)(F)F)cc32)on1. The van der Waals surface area contributed by atoms with Gasteiger partial charge < -0.3 is 4.52 Å². The molecule has 2 heterocycles. The van der Waals surface area contributed by atoms with Gasteiger partial charge in [-0.3, -0.25) is 10.1 Å². The number of nitrogens with zero attached hydrogens (tertiary/aromatic N) is 3. The highest BCUT2D eigenvalue weighted by Gasteiger charge is 2.32. The Labute approximate surface area is 153 Å². The van der Waals surface area contributed by atoms with E-state index in [1.807, 2.05) is 13.8 Å². The first-order valence-corrected chi connectivity index (χ1v) is 8.42. The number of imidazole rings is 1. The maximum Gasteiger partial charge on any atom is 0.416 e. The van der Waals surface area contributed by atoms with Crippen molar-refractivity contribution in [2.45, 2.75) is 33.9 Å². The molecule has 6 nitrogen and oxygen atoms in total. The first-order valence-electron chi connectivity index (χ1n) is 8.42. The Morgan fingerprint density at radius 2 is 1.93 bits per heavy atom. The molecule has 1 amide bonds. The number of hydrogen-bond donors (Lipinski definition) is 1. The van der Waals surface area contributed by atoms with E-state index in [9.17, 15) is 18.0 Å². The first kappa shape index (κ1) is 18.9. The van der Waals surface area contributed by atoms with Gasteiger partial charge in [0.05, 0.1) is 22.3 Å². The van der Waals surface area contributed by atoms with Gasteiger partial charge in [-0.15, -0.1) is 0 Å². The Hall–Kier alpha value is -2.84. The van der Waals surface area contributed by atoms with Gasteiger partial charge in [-0.05, 0) is 31.0 Å². The maximum absolute atomic E-state index is 13.1. The average Bonchev–Trinajstić information content (AvgIpc) is 3.15. The number of hydrogen-bond acceptors (Lipinski definition) is 4. The summed E-state index contributed by atoms with van der Waals surface area (Å²) in [5.74, 6) is -0.249. The van der Waals surface area contributed by atoms with Crippen LogP contribution in [0.3, 0.4) is 0 Å². The average molecular weight is 380 g/mol. The van der Waals surface area contributed by atoms with Gasteiger partial charge in [-0.1, -0.05) is 25.9 Å². The van der Waals surface area contributed by atoms with E-state index in [1.54, 1.807) is 19.9 Å². The number of halogens is 3. The minimum Gasteiger partial charge on any atom is -0.338 e. The number of carbonyl (C=O) groups excluding carboxylic acids is 1. The molecule has 0 saturated carbocycles. The molecular weight excluding hydrogens is 361 g/mol. The number of aryl methyl sites for hydroxylation is 1. The molecule has 144 valence electrons. The van der Waals surface area contributed by atoms with Gasteiger partial charge in [0.15, 0.2) is 0 Å². The minimum absolute atomic E-state index is 0.0815. The van der Waals surface area contributed by atoms with E-state index in [0.29, 0.717) is 11.2 Å². The summed E-state index contributed by atoms with van der Waals surface area (Å²) >= 11 is 0. The number of alkyl halides is 3. The Balaban J connectivity index is 2.16. The molecule has 9 heteroatoms. The van der Waals surface area contributed by atoms with Crippen LogP contribution in [0.2, 0.25) is 0 Å². The van der Waals surface area contributed by atoms with Gasteiger partial charge >= 0.3 is 6.18 Å². The van der Waals surface area contributed by atoms with Gasteiger partial charge in [0.1, 0.15) is 0 Å². The molecule has 0 bridgehead atoms. The van der Waals surface area contributed by atoms with Gasteiger partial charge in [0.2, 0.25) is 17.7 Å². The molecule has 0 fully saturated rings. The van der Waals surface area contributed by atoms with Crippen LogP contribution in [0.5, 0.6) is 0 Å². The van der Waals surface area contributed by atoms with Crippen LogP contribution >= 0.6 is 0 Å². The molecule has 0 saturated heterocycles. The van der Waals surface area contributed by atoms with Crippen LogP contribution in [0.15, 0.2) is 28.8 Å². The smallest absolute Gasteiger partial charge is 0.338 e. The number of amides is 1. The molecular formula is C18H19F3N4O2. The highest BCUT2D eigenvalue weighted by Crippen LogP contribution is 2.33. The fraction of sp³-hybridized carbons (Fsp3) is 0.389. The molecule has 27 heavy (non-hydrogen) atoms. The molecule has 0 radical (unpaired) electrons. The molecule has 1 N–H and O–H groups in total. The molecule has 1 atom stereocenters. The summed E-state index contributed by atoms with van der Waals surface area (Å²) in [6.07, 6.45) is -4.50. The van der Waals surface area contributed by atoms with Gasteiger partial charge in [-0.25, -0.2) is 9.55 Å². The second kappa shape index (κ2) is 6.71. The third-order valence-electron chi connectivity index (χ3n) is 4.47. The van der Waals surface area contributed by atoms with E-state index in [1.165, 1.54) is 10.6 Å². The largest absolute Gasteiger partial charge is 0.416 e. The van der Waals surface area contributed by atoms with Crippen LogP contribution in [0.1, 0.15) is 32.0 Å².